The molecule has 0 aliphatic heterocycles. The molecule has 3 aromatic rings. The Morgan fingerprint density at radius 2 is 1.43 bits per heavy atom. The molecule has 0 aliphatic rings. The number of hydrogen-bond acceptors (Lipinski definition) is 5. The van der Waals surface area contributed by atoms with Crippen molar-refractivity contribution < 1.29 is 23.9 Å². The summed E-state index contributed by atoms with van der Waals surface area (Å²) >= 11 is 0. The second-order valence-corrected chi connectivity index (χ2v) is 6.32. The van der Waals surface area contributed by atoms with Crippen LogP contribution >= 0.6 is 0 Å². The van der Waals surface area contributed by atoms with E-state index < -0.39 is 11.9 Å². The van der Waals surface area contributed by atoms with Gasteiger partial charge < -0.3 is 14.8 Å². The maximum atomic E-state index is 12.4. The van der Waals surface area contributed by atoms with Crippen LogP contribution in [0.2, 0.25) is 0 Å². The average Bonchev–Trinajstić information content (AvgIpc) is 2.78. The number of ether oxygens (including phenoxy) is 2. The Balaban J connectivity index is 1.58. The summed E-state index contributed by atoms with van der Waals surface area (Å²) in [7, 11) is 0. The van der Waals surface area contributed by atoms with Crippen LogP contribution in [0.3, 0.4) is 0 Å². The summed E-state index contributed by atoms with van der Waals surface area (Å²) in [5.41, 5.74) is 1.76. The highest BCUT2D eigenvalue weighted by molar-refractivity contribution is 6.09. The van der Waals surface area contributed by atoms with Gasteiger partial charge in [-0.1, -0.05) is 42.5 Å². The van der Waals surface area contributed by atoms with E-state index in [9.17, 15) is 14.4 Å². The molecule has 30 heavy (non-hydrogen) atoms. The summed E-state index contributed by atoms with van der Waals surface area (Å²) in [6.45, 7) is 1.71. The highest BCUT2D eigenvalue weighted by Crippen LogP contribution is 2.18. The highest BCUT2D eigenvalue weighted by atomic mass is 16.5. The zero-order valence-electron chi connectivity index (χ0n) is 16.5. The van der Waals surface area contributed by atoms with Crippen molar-refractivity contribution >= 4 is 23.3 Å². The molecule has 1 amide bonds. The van der Waals surface area contributed by atoms with Crippen molar-refractivity contribution in [1.29, 1.82) is 0 Å². The molecule has 6 nitrogen and oxygen atoms in total. The number of para-hydroxylation sites is 1. The number of rotatable bonds is 8. The maximum Gasteiger partial charge on any atom is 0.340 e. The van der Waals surface area contributed by atoms with Crippen LogP contribution in [-0.4, -0.2) is 30.9 Å². The Bertz CT molecular complexity index is 1030. The largest absolute Gasteiger partial charge is 0.484 e. The van der Waals surface area contributed by atoms with E-state index in [0.717, 1.165) is 0 Å². The first kappa shape index (κ1) is 20.8. The van der Waals surface area contributed by atoms with Crippen LogP contribution in [0.5, 0.6) is 5.75 Å². The first-order valence-corrected chi connectivity index (χ1v) is 9.47. The topological polar surface area (TPSA) is 81.7 Å². The maximum absolute atomic E-state index is 12.4. The smallest absolute Gasteiger partial charge is 0.340 e. The molecular weight excluding hydrogens is 382 g/mol. The SMILES string of the molecule is CCOC(=O)c1ccccc1NC(=O)COc1ccc(C(=O)c2ccccc2)cc1. The summed E-state index contributed by atoms with van der Waals surface area (Å²) < 4.78 is 10.5. The van der Waals surface area contributed by atoms with Crippen molar-refractivity contribution in [2.24, 2.45) is 0 Å². The van der Waals surface area contributed by atoms with Gasteiger partial charge in [0, 0.05) is 11.1 Å². The van der Waals surface area contributed by atoms with E-state index in [1.807, 2.05) is 18.2 Å². The Labute approximate surface area is 174 Å². The summed E-state index contributed by atoms with van der Waals surface area (Å²) in [6, 6.07) is 22.2. The van der Waals surface area contributed by atoms with Crippen molar-refractivity contribution in [3.8, 4) is 5.75 Å². The van der Waals surface area contributed by atoms with E-state index >= 15 is 0 Å². The molecule has 0 bridgehead atoms. The van der Waals surface area contributed by atoms with Gasteiger partial charge in [0.25, 0.3) is 5.91 Å². The minimum Gasteiger partial charge on any atom is -0.484 e. The molecule has 152 valence electrons. The summed E-state index contributed by atoms with van der Waals surface area (Å²) in [5, 5.41) is 2.65. The van der Waals surface area contributed by atoms with Gasteiger partial charge >= 0.3 is 5.97 Å². The van der Waals surface area contributed by atoms with Crippen molar-refractivity contribution in [2.45, 2.75) is 6.92 Å². The third-order valence-corrected chi connectivity index (χ3v) is 4.22. The number of anilines is 1. The van der Waals surface area contributed by atoms with Gasteiger partial charge in [-0.15, -0.1) is 0 Å². The van der Waals surface area contributed by atoms with Gasteiger partial charge in [0.2, 0.25) is 0 Å². The van der Waals surface area contributed by atoms with Gasteiger partial charge in [-0.25, -0.2) is 4.79 Å². The Hall–Kier alpha value is -3.93. The van der Waals surface area contributed by atoms with Gasteiger partial charge in [-0.05, 0) is 43.3 Å². The molecule has 0 aromatic heterocycles. The molecule has 1 N–H and O–H groups in total. The quantitative estimate of drug-likeness (QED) is 0.452. The molecule has 0 unspecified atom stereocenters. The Morgan fingerprint density at radius 1 is 0.800 bits per heavy atom. The fourth-order valence-electron chi connectivity index (χ4n) is 2.77. The van der Waals surface area contributed by atoms with E-state index in [-0.39, 0.29) is 24.6 Å². The van der Waals surface area contributed by atoms with Crippen molar-refractivity contribution in [2.75, 3.05) is 18.5 Å². The molecule has 0 spiro atoms. The standard InChI is InChI=1S/C24H21NO5/c1-2-29-24(28)20-10-6-7-11-21(20)25-22(26)16-30-19-14-12-18(13-15-19)23(27)17-8-4-3-5-9-17/h3-15H,2,16H2,1H3,(H,25,26). The van der Waals surface area contributed by atoms with Crippen molar-refractivity contribution in [3.05, 3.63) is 95.6 Å². The lowest BCUT2D eigenvalue weighted by atomic mass is 10.0. The molecule has 0 fully saturated rings. The van der Waals surface area contributed by atoms with Gasteiger partial charge in [0.05, 0.1) is 17.9 Å². The number of esters is 1. The van der Waals surface area contributed by atoms with Gasteiger partial charge in [0.15, 0.2) is 12.4 Å². The molecule has 0 saturated heterocycles. The van der Waals surface area contributed by atoms with Crippen LogP contribution in [0.4, 0.5) is 5.69 Å². The third kappa shape index (κ3) is 5.32. The predicted octanol–water partition coefficient (Wildman–Crippen LogP) is 4.11. The zero-order chi connectivity index (χ0) is 21.3. The Morgan fingerprint density at radius 3 is 2.13 bits per heavy atom. The lowest BCUT2D eigenvalue weighted by molar-refractivity contribution is -0.118. The highest BCUT2D eigenvalue weighted by Gasteiger charge is 2.14. The van der Waals surface area contributed by atoms with Crippen LogP contribution in [0.1, 0.15) is 33.2 Å². The summed E-state index contributed by atoms with van der Waals surface area (Å²) in [4.78, 5) is 36.6. The molecule has 0 heterocycles. The minimum atomic E-state index is -0.506. The average molecular weight is 403 g/mol. The number of nitrogens with one attached hydrogen (secondary N) is 1. The summed E-state index contributed by atoms with van der Waals surface area (Å²) in [6.07, 6.45) is 0. The van der Waals surface area contributed by atoms with Crippen molar-refractivity contribution in [1.82, 2.24) is 0 Å². The molecule has 3 rings (SSSR count). The molecule has 0 saturated carbocycles. The number of ketones is 1. The lowest BCUT2D eigenvalue weighted by Gasteiger charge is -2.11. The van der Waals surface area contributed by atoms with E-state index in [4.69, 9.17) is 9.47 Å². The molecule has 0 radical (unpaired) electrons. The second kappa shape index (κ2) is 10.0. The second-order valence-electron chi connectivity index (χ2n) is 6.32. The Kier molecular flexibility index (Phi) is 6.95. The molecule has 0 aliphatic carbocycles. The fraction of sp³-hybridized carbons (Fsp3) is 0.125. The monoisotopic (exact) mass is 403 g/mol. The van der Waals surface area contributed by atoms with E-state index in [0.29, 0.717) is 22.6 Å². The number of carbonyl (C=O) groups is 3. The zero-order valence-corrected chi connectivity index (χ0v) is 16.5. The van der Waals surface area contributed by atoms with Crippen LogP contribution in [0, 0.1) is 0 Å². The van der Waals surface area contributed by atoms with Gasteiger partial charge in [0.1, 0.15) is 5.75 Å². The van der Waals surface area contributed by atoms with E-state index in [1.165, 1.54) is 0 Å². The minimum absolute atomic E-state index is 0.0875. The van der Waals surface area contributed by atoms with Crippen LogP contribution < -0.4 is 10.1 Å². The van der Waals surface area contributed by atoms with E-state index in [2.05, 4.69) is 5.32 Å². The van der Waals surface area contributed by atoms with Gasteiger partial charge in [-0.2, -0.15) is 0 Å². The number of amides is 1. The lowest BCUT2D eigenvalue weighted by Crippen LogP contribution is -2.22. The third-order valence-electron chi connectivity index (χ3n) is 4.22. The number of benzene rings is 3. The molecule has 6 heteroatoms. The molecular formula is C24H21NO5. The van der Waals surface area contributed by atoms with Crippen LogP contribution in [0.15, 0.2) is 78.9 Å². The molecule has 0 atom stereocenters. The number of carbonyl (C=O) groups excluding carboxylic acids is 3. The van der Waals surface area contributed by atoms with E-state index in [1.54, 1.807) is 67.6 Å². The number of hydrogen-bond donors (Lipinski definition) is 1. The summed E-state index contributed by atoms with van der Waals surface area (Å²) in [5.74, 6) is -0.562. The first-order chi connectivity index (χ1) is 14.6. The normalized spacial score (nSPS) is 10.2. The van der Waals surface area contributed by atoms with Crippen molar-refractivity contribution in [3.63, 3.8) is 0 Å². The first-order valence-electron chi connectivity index (χ1n) is 9.47. The van der Waals surface area contributed by atoms with Gasteiger partial charge in [-0.3, -0.25) is 9.59 Å². The molecule has 3 aromatic carbocycles. The predicted molar refractivity (Wildman–Crippen MR) is 113 cm³/mol. The van der Waals surface area contributed by atoms with Crippen LogP contribution in [-0.2, 0) is 9.53 Å². The fourth-order valence-corrected chi connectivity index (χ4v) is 2.77. The van der Waals surface area contributed by atoms with Crippen LogP contribution in [0.25, 0.3) is 0 Å².